The van der Waals surface area contributed by atoms with Gasteiger partial charge in [-0.2, -0.15) is 0 Å². The number of primary amides is 1. The highest BCUT2D eigenvalue weighted by Gasteiger charge is 2.12. The first-order chi connectivity index (χ1) is 13.7. The number of nitrogens with two attached hydrogens (primary N) is 1. The van der Waals surface area contributed by atoms with Crippen molar-refractivity contribution in [1.29, 1.82) is 0 Å². The lowest BCUT2D eigenvalue weighted by Crippen LogP contribution is -2.27. The van der Waals surface area contributed by atoms with Gasteiger partial charge in [-0.3, -0.25) is 9.59 Å². The van der Waals surface area contributed by atoms with Gasteiger partial charge in [0.15, 0.2) is 6.61 Å². The highest BCUT2D eigenvalue weighted by atomic mass is 16.5. The number of amides is 3. The normalized spacial score (nSPS) is 10.0. The SMILES string of the molecule is CN(C)C(=O)COC(=O)Cc1ccc(OC(=O)c2ccc(NC(N)=O)cc2)cc1. The van der Waals surface area contributed by atoms with Gasteiger partial charge in [-0.1, -0.05) is 12.1 Å². The van der Waals surface area contributed by atoms with Crippen molar-refractivity contribution in [3.63, 3.8) is 0 Å². The third-order valence-electron chi connectivity index (χ3n) is 3.73. The second kappa shape index (κ2) is 9.88. The predicted molar refractivity (Wildman–Crippen MR) is 104 cm³/mol. The van der Waals surface area contributed by atoms with Gasteiger partial charge >= 0.3 is 18.0 Å². The maximum absolute atomic E-state index is 12.2. The minimum Gasteiger partial charge on any atom is -0.455 e. The van der Waals surface area contributed by atoms with E-state index in [0.29, 0.717) is 22.6 Å². The van der Waals surface area contributed by atoms with Crippen LogP contribution in [0.5, 0.6) is 5.75 Å². The van der Waals surface area contributed by atoms with Crippen LogP contribution in [0, 0.1) is 0 Å². The molecule has 0 fully saturated rings. The van der Waals surface area contributed by atoms with Crippen LogP contribution in [0.1, 0.15) is 15.9 Å². The summed E-state index contributed by atoms with van der Waals surface area (Å²) < 4.78 is 10.2. The number of hydrogen-bond donors (Lipinski definition) is 2. The summed E-state index contributed by atoms with van der Waals surface area (Å²) in [4.78, 5) is 47.5. The molecule has 29 heavy (non-hydrogen) atoms. The van der Waals surface area contributed by atoms with E-state index < -0.39 is 18.0 Å². The smallest absolute Gasteiger partial charge is 0.343 e. The topological polar surface area (TPSA) is 128 Å². The summed E-state index contributed by atoms with van der Waals surface area (Å²) in [6.07, 6.45) is -0.0107. The molecule has 0 bridgehead atoms. The third kappa shape index (κ3) is 6.98. The molecule has 0 aromatic heterocycles. The fourth-order valence-corrected chi connectivity index (χ4v) is 2.16. The standard InChI is InChI=1S/C20H21N3O6/c1-23(2)17(24)12-28-18(25)11-13-3-9-16(10-4-13)29-19(26)14-5-7-15(8-6-14)22-20(21)27/h3-10H,11-12H2,1-2H3,(H3,21,22,27). The zero-order valence-electron chi connectivity index (χ0n) is 16.0. The molecule has 0 aliphatic carbocycles. The highest BCUT2D eigenvalue weighted by molar-refractivity contribution is 5.93. The van der Waals surface area contributed by atoms with Gasteiger partial charge < -0.3 is 25.4 Å². The molecule has 3 amide bonds. The van der Waals surface area contributed by atoms with Crippen LogP contribution in [-0.2, 0) is 20.7 Å². The number of carbonyl (C=O) groups is 4. The van der Waals surface area contributed by atoms with Crippen molar-refractivity contribution >= 4 is 29.6 Å². The first kappa shape index (κ1) is 21.4. The summed E-state index contributed by atoms with van der Waals surface area (Å²) in [5.74, 6) is -1.12. The minimum absolute atomic E-state index is 0.0107. The average molecular weight is 399 g/mol. The van der Waals surface area contributed by atoms with Gasteiger partial charge in [-0.15, -0.1) is 0 Å². The van der Waals surface area contributed by atoms with Crippen LogP contribution in [0.2, 0.25) is 0 Å². The number of carbonyl (C=O) groups excluding carboxylic acids is 4. The van der Waals surface area contributed by atoms with E-state index in [0.717, 1.165) is 0 Å². The Morgan fingerprint density at radius 3 is 2.14 bits per heavy atom. The summed E-state index contributed by atoms with van der Waals surface area (Å²) in [5.41, 5.74) is 6.41. The number of ether oxygens (including phenoxy) is 2. The molecule has 0 aliphatic heterocycles. The Bertz CT molecular complexity index is 891. The van der Waals surface area contributed by atoms with Crippen molar-refractivity contribution in [1.82, 2.24) is 4.90 Å². The van der Waals surface area contributed by atoms with E-state index in [1.807, 2.05) is 0 Å². The highest BCUT2D eigenvalue weighted by Crippen LogP contribution is 2.16. The Morgan fingerprint density at radius 1 is 0.966 bits per heavy atom. The molecule has 0 aliphatic rings. The van der Waals surface area contributed by atoms with Crippen molar-refractivity contribution in [3.8, 4) is 5.75 Å². The van der Waals surface area contributed by atoms with Gasteiger partial charge in [-0.05, 0) is 42.0 Å². The fraction of sp³-hybridized carbons (Fsp3) is 0.200. The van der Waals surface area contributed by atoms with Crippen LogP contribution < -0.4 is 15.8 Å². The number of hydrogen-bond acceptors (Lipinski definition) is 6. The van der Waals surface area contributed by atoms with E-state index in [1.165, 1.54) is 29.2 Å². The average Bonchev–Trinajstić information content (AvgIpc) is 2.67. The first-order valence-corrected chi connectivity index (χ1v) is 8.58. The maximum Gasteiger partial charge on any atom is 0.343 e. The molecule has 9 heteroatoms. The van der Waals surface area contributed by atoms with E-state index in [-0.39, 0.29) is 18.9 Å². The molecule has 0 radical (unpaired) electrons. The largest absolute Gasteiger partial charge is 0.455 e. The van der Waals surface area contributed by atoms with Crippen LogP contribution in [0.25, 0.3) is 0 Å². The van der Waals surface area contributed by atoms with E-state index in [9.17, 15) is 19.2 Å². The Hall–Kier alpha value is -3.88. The zero-order valence-corrected chi connectivity index (χ0v) is 16.0. The lowest BCUT2D eigenvalue weighted by molar-refractivity contribution is -0.150. The molecular formula is C20H21N3O6. The first-order valence-electron chi connectivity index (χ1n) is 8.58. The molecule has 2 aromatic carbocycles. The lowest BCUT2D eigenvalue weighted by Gasteiger charge is -2.10. The van der Waals surface area contributed by atoms with Crippen LogP contribution in [-0.4, -0.2) is 49.5 Å². The summed E-state index contributed by atoms with van der Waals surface area (Å²) in [7, 11) is 3.14. The summed E-state index contributed by atoms with van der Waals surface area (Å²) in [6.45, 7) is -0.310. The monoisotopic (exact) mass is 399 g/mol. The van der Waals surface area contributed by atoms with Crippen molar-refractivity contribution in [2.75, 3.05) is 26.0 Å². The van der Waals surface area contributed by atoms with Gasteiger partial charge in [-0.25, -0.2) is 9.59 Å². The molecule has 152 valence electrons. The van der Waals surface area contributed by atoms with Gasteiger partial charge in [0.2, 0.25) is 0 Å². The number of esters is 2. The number of benzene rings is 2. The molecule has 0 atom stereocenters. The molecule has 0 heterocycles. The van der Waals surface area contributed by atoms with Crippen LogP contribution in [0.4, 0.5) is 10.5 Å². The number of anilines is 1. The second-order valence-corrected chi connectivity index (χ2v) is 6.23. The van der Waals surface area contributed by atoms with Gasteiger partial charge in [0, 0.05) is 19.8 Å². The van der Waals surface area contributed by atoms with Gasteiger partial charge in [0.05, 0.1) is 12.0 Å². The number of nitrogens with one attached hydrogen (secondary N) is 1. The summed E-state index contributed by atoms with van der Waals surface area (Å²) >= 11 is 0. The third-order valence-corrected chi connectivity index (χ3v) is 3.73. The van der Waals surface area contributed by atoms with Crippen molar-refractivity contribution in [2.24, 2.45) is 5.73 Å². The molecule has 0 unspecified atom stereocenters. The molecule has 2 rings (SSSR count). The molecule has 2 aromatic rings. The number of likely N-dealkylation sites (N-methyl/N-ethyl adjacent to an activating group) is 1. The molecular weight excluding hydrogens is 378 g/mol. The quantitative estimate of drug-likeness (QED) is 0.537. The van der Waals surface area contributed by atoms with Crippen molar-refractivity contribution in [2.45, 2.75) is 6.42 Å². The molecule has 0 saturated heterocycles. The minimum atomic E-state index is -0.700. The van der Waals surface area contributed by atoms with Crippen LogP contribution >= 0.6 is 0 Å². The maximum atomic E-state index is 12.2. The Morgan fingerprint density at radius 2 is 1.59 bits per heavy atom. The molecule has 3 N–H and O–H groups in total. The number of nitrogens with zero attached hydrogens (tertiary/aromatic N) is 1. The van der Waals surface area contributed by atoms with E-state index in [1.54, 1.807) is 38.4 Å². The van der Waals surface area contributed by atoms with E-state index >= 15 is 0 Å². The lowest BCUT2D eigenvalue weighted by atomic mass is 10.1. The van der Waals surface area contributed by atoms with Gasteiger partial charge in [0.25, 0.3) is 5.91 Å². The Balaban J connectivity index is 1.88. The van der Waals surface area contributed by atoms with Crippen LogP contribution in [0.3, 0.4) is 0 Å². The van der Waals surface area contributed by atoms with Crippen LogP contribution in [0.15, 0.2) is 48.5 Å². The van der Waals surface area contributed by atoms with E-state index in [2.05, 4.69) is 5.32 Å². The molecule has 0 saturated carbocycles. The summed E-state index contributed by atoms with van der Waals surface area (Å²) in [5, 5.41) is 2.39. The number of rotatable bonds is 7. The molecule has 9 nitrogen and oxygen atoms in total. The van der Waals surface area contributed by atoms with E-state index in [4.69, 9.17) is 15.2 Å². The molecule has 0 spiro atoms. The number of urea groups is 1. The Kier molecular flexibility index (Phi) is 7.30. The summed E-state index contributed by atoms with van der Waals surface area (Å²) in [6, 6.07) is 11.7. The predicted octanol–water partition coefficient (Wildman–Crippen LogP) is 1.57. The fourth-order valence-electron chi connectivity index (χ4n) is 2.16. The van der Waals surface area contributed by atoms with Gasteiger partial charge in [0.1, 0.15) is 5.75 Å². The second-order valence-electron chi connectivity index (χ2n) is 6.23. The van der Waals surface area contributed by atoms with Crippen molar-refractivity contribution in [3.05, 3.63) is 59.7 Å². The van der Waals surface area contributed by atoms with Crippen molar-refractivity contribution < 1.29 is 28.7 Å². The zero-order chi connectivity index (χ0) is 21.4. The Labute approximate surface area is 167 Å².